The number of carbonyl (C=O) groups excluding carboxylic acids is 1. The first-order chi connectivity index (χ1) is 16.6. The van der Waals surface area contributed by atoms with Crippen LogP contribution in [-0.2, 0) is 16.6 Å². The molecule has 1 aliphatic heterocycles. The lowest BCUT2D eigenvalue weighted by atomic mass is 10.1. The number of Topliss-reactive ketones (excluding diaryl/α,β-unsaturated/α-hetero) is 1. The van der Waals surface area contributed by atoms with Crippen LogP contribution in [-0.4, -0.2) is 35.6 Å². The summed E-state index contributed by atoms with van der Waals surface area (Å²) >= 11 is 4.18. The van der Waals surface area contributed by atoms with Gasteiger partial charge in [-0.25, -0.2) is 13.2 Å². The first-order valence-corrected chi connectivity index (χ1v) is 12.4. The molecule has 3 aromatic rings. The highest BCUT2D eigenvalue weighted by molar-refractivity contribution is 8.02. The monoisotopic (exact) mass is 510 g/mol. The van der Waals surface area contributed by atoms with Crippen molar-refractivity contribution >= 4 is 46.4 Å². The lowest BCUT2D eigenvalue weighted by Gasteiger charge is -2.22. The number of nitrogens with zero attached hydrogens (tertiary/aromatic N) is 2. The quantitative estimate of drug-likeness (QED) is 0.358. The third-order valence-electron chi connectivity index (χ3n) is 5.44. The molecule has 0 spiro atoms. The molecule has 0 bridgehead atoms. The van der Waals surface area contributed by atoms with Crippen molar-refractivity contribution in [1.29, 1.82) is 0 Å². The molecule has 180 valence electrons. The normalized spacial score (nSPS) is 16.4. The molecule has 0 unspecified atom stereocenters. The molecular formula is C25H22N2O6S2. The van der Waals surface area contributed by atoms with Gasteiger partial charge in [-0.05, 0) is 72.7 Å². The Morgan fingerprint density at radius 1 is 0.971 bits per heavy atom. The van der Waals surface area contributed by atoms with Gasteiger partial charge in [0, 0.05) is 5.56 Å². The number of thiol groups is 1. The van der Waals surface area contributed by atoms with E-state index in [-0.39, 0.29) is 29.4 Å². The van der Waals surface area contributed by atoms with E-state index in [1.165, 1.54) is 24.1 Å². The summed E-state index contributed by atoms with van der Waals surface area (Å²) in [5.41, 5.74) is 2.84. The van der Waals surface area contributed by atoms with Gasteiger partial charge >= 0.3 is 5.97 Å². The van der Waals surface area contributed by atoms with Gasteiger partial charge in [0.05, 0.1) is 22.7 Å². The maximum absolute atomic E-state index is 12.9. The molecule has 1 aliphatic rings. The molecule has 10 heteroatoms. The average molecular weight is 511 g/mol. The minimum atomic E-state index is -3.81. The Hall–Kier alpha value is -3.60. The summed E-state index contributed by atoms with van der Waals surface area (Å²) in [4.78, 5) is 22.6. The van der Waals surface area contributed by atoms with E-state index in [0.717, 1.165) is 9.38 Å². The minimum Gasteiger partial charge on any atom is -0.489 e. The van der Waals surface area contributed by atoms with Crippen LogP contribution < -0.4 is 9.75 Å². The number of ketones is 1. The fourth-order valence-electron chi connectivity index (χ4n) is 3.46. The highest BCUT2D eigenvalue weighted by atomic mass is 32.3. The van der Waals surface area contributed by atoms with Crippen molar-refractivity contribution in [2.45, 2.75) is 13.5 Å². The van der Waals surface area contributed by atoms with E-state index in [0.29, 0.717) is 22.6 Å². The van der Waals surface area contributed by atoms with Crippen molar-refractivity contribution in [3.63, 3.8) is 0 Å². The summed E-state index contributed by atoms with van der Waals surface area (Å²) in [5, 5.41) is 10.5. The van der Waals surface area contributed by atoms with Crippen LogP contribution in [0.25, 0.3) is 6.08 Å². The summed E-state index contributed by atoms with van der Waals surface area (Å²) in [7, 11) is -3.81. The number of rotatable bonds is 7. The van der Waals surface area contributed by atoms with Crippen LogP contribution in [0.3, 0.4) is 0 Å². The Morgan fingerprint density at radius 2 is 1.57 bits per heavy atom. The average Bonchev–Trinajstić information content (AvgIpc) is 3.07. The number of hydrogen-bond acceptors (Lipinski definition) is 7. The Labute approximate surface area is 208 Å². The van der Waals surface area contributed by atoms with E-state index in [1.807, 2.05) is 0 Å². The molecule has 1 saturated heterocycles. The largest absolute Gasteiger partial charge is 0.489 e. The van der Waals surface area contributed by atoms with Gasteiger partial charge in [0.1, 0.15) is 12.4 Å². The Kier molecular flexibility index (Phi) is 6.97. The molecule has 8 nitrogen and oxygen atoms in total. The molecule has 0 radical (unpaired) electrons. The fourth-order valence-corrected chi connectivity index (χ4v) is 5.13. The number of hydrogen-bond donors (Lipinski definition) is 2. The van der Waals surface area contributed by atoms with Gasteiger partial charge in [-0.15, -0.1) is 0 Å². The van der Waals surface area contributed by atoms with E-state index in [1.54, 1.807) is 66.7 Å². The third kappa shape index (κ3) is 5.40. The molecule has 0 saturated carbocycles. The summed E-state index contributed by atoms with van der Waals surface area (Å²) < 4.78 is 32.4. The van der Waals surface area contributed by atoms with Crippen LogP contribution in [0.15, 0.2) is 77.7 Å². The smallest absolute Gasteiger partial charge is 0.335 e. The van der Waals surface area contributed by atoms with Crippen LogP contribution in [0.5, 0.6) is 5.75 Å². The maximum Gasteiger partial charge on any atom is 0.335 e. The second-order valence-corrected chi connectivity index (χ2v) is 10.3. The van der Waals surface area contributed by atoms with Crippen molar-refractivity contribution in [2.24, 2.45) is 0 Å². The molecule has 4 rings (SSSR count). The van der Waals surface area contributed by atoms with Gasteiger partial charge in [-0.2, -0.15) is 0 Å². The summed E-state index contributed by atoms with van der Waals surface area (Å²) in [6, 6.07) is 20.0. The predicted molar refractivity (Wildman–Crippen MR) is 136 cm³/mol. The van der Waals surface area contributed by atoms with Crippen molar-refractivity contribution in [2.75, 3.05) is 11.6 Å². The molecule has 0 amide bonds. The minimum absolute atomic E-state index is 0.0718. The van der Waals surface area contributed by atoms with Gasteiger partial charge in [-0.1, -0.05) is 40.9 Å². The molecule has 0 aromatic heterocycles. The number of anilines is 1. The molecule has 3 aromatic carbocycles. The van der Waals surface area contributed by atoms with Crippen molar-refractivity contribution < 1.29 is 27.9 Å². The summed E-state index contributed by atoms with van der Waals surface area (Å²) in [5.74, 6) is -0.467. The molecule has 35 heavy (non-hydrogen) atoms. The molecule has 0 aliphatic carbocycles. The van der Waals surface area contributed by atoms with Crippen LogP contribution in [0.2, 0.25) is 0 Å². The van der Waals surface area contributed by atoms with E-state index in [9.17, 15) is 18.0 Å². The summed E-state index contributed by atoms with van der Waals surface area (Å²) in [6.07, 6.45) is 1.58. The maximum atomic E-state index is 12.9. The Bertz CT molecular complexity index is 1380. The topological polar surface area (TPSA) is 104 Å². The van der Waals surface area contributed by atoms with Crippen LogP contribution >= 0.6 is 12.8 Å². The number of sulfonamides is 1. The van der Waals surface area contributed by atoms with Gasteiger partial charge in [0.15, 0.2) is 5.78 Å². The lowest BCUT2D eigenvalue weighted by Crippen LogP contribution is -2.31. The zero-order chi connectivity index (χ0) is 25.2. The highest BCUT2D eigenvalue weighted by Gasteiger charge is 2.38. The number of carboxylic acids is 1. The highest BCUT2D eigenvalue weighted by Crippen LogP contribution is 2.33. The van der Waals surface area contributed by atoms with Crippen molar-refractivity contribution in [3.8, 4) is 5.75 Å². The first kappa shape index (κ1) is 24.5. The van der Waals surface area contributed by atoms with Crippen molar-refractivity contribution in [3.05, 3.63) is 100.0 Å². The van der Waals surface area contributed by atoms with Crippen LogP contribution in [0, 0.1) is 0 Å². The van der Waals surface area contributed by atoms with Crippen LogP contribution in [0.1, 0.15) is 38.8 Å². The van der Waals surface area contributed by atoms with E-state index < -0.39 is 16.0 Å². The Balaban J connectivity index is 1.45. The number of ether oxygens (including phenoxy) is 1. The van der Waals surface area contributed by atoms with Gasteiger partial charge in [-0.3, -0.25) is 9.80 Å². The number of aromatic carboxylic acids is 1. The molecule has 1 N–H and O–H groups in total. The predicted octanol–water partition coefficient (Wildman–Crippen LogP) is 4.42. The first-order valence-electron chi connectivity index (χ1n) is 10.5. The number of hydrazine groups is 1. The molecule has 1 heterocycles. The van der Waals surface area contributed by atoms with Crippen LogP contribution in [0.4, 0.5) is 5.69 Å². The zero-order valence-corrected chi connectivity index (χ0v) is 20.4. The molecular weight excluding hydrogens is 488 g/mol. The van der Waals surface area contributed by atoms with E-state index >= 15 is 0 Å². The van der Waals surface area contributed by atoms with Crippen molar-refractivity contribution in [1.82, 2.24) is 3.82 Å². The lowest BCUT2D eigenvalue weighted by molar-refractivity contribution is 0.0696. The SMILES string of the molecule is CC(=O)c1ccc(N2C/C(=C/c3ccc(OCc4ccc(C(=O)O)cc4)cc3)S(=O)(=O)N2S)cc1. The van der Waals surface area contributed by atoms with Gasteiger partial charge in [0.25, 0.3) is 10.0 Å². The number of carbonyl (C=O) groups is 2. The van der Waals surface area contributed by atoms with E-state index in [2.05, 4.69) is 12.8 Å². The van der Waals surface area contributed by atoms with Gasteiger partial charge in [0.2, 0.25) is 0 Å². The number of benzene rings is 3. The third-order valence-corrected chi connectivity index (χ3v) is 7.84. The standard InChI is InChI=1S/C25H22N2O6S2/c1-17(28)20-8-10-22(11-9-20)26-15-24(35(31,32)27(26)34)14-18-4-12-23(13-5-18)33-16-19-2-6-21(7-3-19)25(29)30/h2-14,34H,15-16H2,1H3,(H,29,30)/b24-14-. The second-order valence-electron chi connectivity index (χ2n) is 7.86. The fraction of sp³-hybridized carbons (Fsp3) is 0.120. The molecule has 0 atom stereocenters. The van der Waals surface area contributed by atoms with Gasteiger partial charge < -0.3 is 9.84 Å². The van der Waals surface area contributed by atoms with E-state index in [4.69, 9.17) is 9.84 Å². The second kappa shape index (κ2) is 9.95. The molecule has 1 fully saturated rings. The Morgan fingerprint density at radius 3 is 2.14 bits per heavy atom. The zero-order valence-electron chi connectivity index (χ0n) is 18.7. The summed E-state index contributed by atoms with van der Waals surface area (Å²) in [6.45, 7) is 1.83. The number of carboxylic acid groups (broad SMARTS) is 1.